The van der Waals surface area contributed by atoms with Gasteiger partial charge in [-0.15, -0.1) is 10.2 Å². The third kappa shape index (κ3) is 8.95. The van der Waals surface area contributed by atoms with Gasteiger partial charge in [-0.3, -0.25) is 9.59 Å². The minimum atomic E-state index is -0.0158. The normalized spacial score (nSPS) is 11.4. The molecule has 0 saturated carbocycles. The molecule has 2 heterocycles. The van der Waals surface area contributed by atoms with Crippen LogP contribution in [0.1, 0.15) is 40.5 Å². The van der Waals surface area contributed by atoms with Gasteiger partial charge in [0.25, 0.3) is 0 Å². The van der Waals surface area contributed by atoms with Gasteiger partial charge in [0, 0.05) is 48.4 Å². The smallest absolute Gasteiger partial charge is 0.225 e. The van der Waals surface area contributed by atoms with Crippen molar-refractivity contribution in [1.82, 2.24) is 39.8 Å². The van der Waals surface area contributed by atoms with Crippen molar-refractivity contribution in [2.24, 2.45) is 0 Å². The van der Waals surface area contributed by atoms with E-state index >= 15 is 0 Å². The highest BCUT2D eigenvalue weighted by Gasteiger charge is 2.12. The fraction of sp³-hybridized carbons (Fsp3) is 0.300. The molecule has 0 bridgehead atoms. The van der Waals surface area contributed by atoms with E-state index in [1.807, 2.05) is 73.1 Å². The zero-order chi connectivity index (χ0) is 36.5. The summed E-state index contributed by atoms with van der Waals surface area (Å²) in [6.07, 6.45) is 4.65. The van der Waals surface area contributed by atoms with Crippen molar-refractivity contribution >= 4 is 34.0 Å². The van der Waals surface area contributed by atoms with Crippen molar-refractivity contribution in [2.45, 2.75) is 40.5 Å². The van der Waals surface area contributed by atoms with Crippen LogP contribution in [0.15, 0.2) is 97.3 Å². The van der Waals surface area contributed by atoms with Crippen LogP contribution in [0.3, 0.4) is 0 Å². The van der Waals surface area contributed by atoms with Gasteiger partial charge in [-0.2, -0.15) is 0 Å². The third-order valence-electron chi connectivity index (χ3n) is 9.31. The van der Waals surface area contributed by atoms with Crippen molar-refractivity contribution in [3.05, 3.63) is 97.3 Å². The molecule has 2 amide bonds. The quantitative estimate of drug-likeness (QED) is 0.115. The summed E-state index contributed by atoms with van der Waals surface area (Å²) >= 11 is 0. The van der Waals surface area contributed by atoms with Gasteiger partial charge < -0.3 is 20.4 Å². The number of hydrogen-bond donors (Lipinski definition) is 2. The van der Waals surface area contributed by atoms with Crippen LogP contribution in [-0.2, 0) is 9.59 Å². The van der Waals surface area contributed by atoms with E-state index in [1.165, 1.54) is 0 Å². The molecule has 0 aliphatic rings. The summed E-state index contributed by atoms with van der Waals surface area (Å²) in [6, 6.07) is 27.6. The average Bonchev–Trinajstić information content (AvgIpc) is 3.87. The van der Waals surface area contributed by atoms with E-state index in [0.717, 1.165) is 95.3 Å². The Balaban J connectivity index is 1.14. The van der Waals surface area contributed by atoms with Crippen LogP contribution in [0.4, 0.5) is 11.4 Å². The maximum absolute atomic E-state index is 12.6. The first kappa shape index (κ1) is 36.1. The lowest BCUT2D eigenvalue weighted by molar-refractivity contribution is -0.117. The summed E-state index contributed by atoms with van der Waals surface area (Å²) in [6.45, 7) is 13.6. The second kappa shape index (κ2) is 17.0. The van der Waals surface area contributed by atoms with Crippen LogP contribution in [0.25, 0.3) is 44.7 Å². The number of rotatable bonds is 16. The average molecular weight is 699 g/mol. The summed E-state index contributed by atoms with van der Waals surface area (Å²) in [5, 5.41) is 25.8. The molecule has 12 heteroatoms. The Kier molecular flexibility index (Phi) is 11.8. The summed E-state index contributed by atoms with van der Waals surface area (Å²) < 4.78 is 3.43. The van der Waals surface area contributed by atoms with E-state index in [0.29, 0.717) is 12.8 Å². The molecule has 0 atom stereocenters. The minimum Gasteiger partial charge on any atom is -0.326 e. The molecule has 0 aliphatic carbocycles. The Morgan fingerprint density at radius 3 is 1.44 bits per heavy atom. The van der Waals surface area contributed by atoms with Gasteiger partial charge in [0.15, 0.2) is 0 Å². The summed E-state index contributed by atoms with van der Waals surface area (Å²) in [5.74, 6) is -0.0316. The molecule has 0 radical (unpaired) electrons. The summed E-state index contributed by atoms with van der Waals surface area (Å²) in [4.78, 5) is 29.6. The van der Waals surface area contributed by atoms with Crippen molar-refractivity contribution < 1.29 is 9.59 Å². The minimum absolute atomic E-state index is 0.0158. The second-order valence-corrected chi connectivity index (χ2v) is 12.6. The van der Waals surface area contributed by atoms with Crippen LogP contribution in [0, 0.1) is 0 Å². The molecule has 4 aromatic carbocycles. The fourth-order valence-electron chi connectivity index (χ4n) is 6.11. The van der Waals surface area contributed by atoms with E-state index in [-0.39, 0.29) is 11.8 Å². The molecule has 0 fully saturated rings. The lowest BCUT2D eigenvalue weighted by Crippen LogP contribution is -2.27. The molecule has 0 aliphatic heterocycles. The molecule has 0 saturated heterocycles. The first-order chi connectivity index (χ1) is 25.3. The Morgan fingerprint density at radius 2 is 1.02 bits per heavy atom. The standard InChI is InChI=1S/C40H46N10O2/c1-5-47(6-2)21-19-39(51)41-33-11-9-13-35(25-33)49-27-37(43-45-49)30-17-15-29-16-18-31(24-32(29)23-30)38-28-50(46-44-38)36-14-10-12-34(26-36)42-40(52)20-22-48(7-3)8-4/h9-18,23-28H,5-8,19-22H2,1-4H3,(H,41,51)(H,42,52). The van der Waals surface area contributed by atoms with Crippen molar-refractivity contribution in [3.63, 3.8) is 0 Å². The molecule has 12 nitrogen and oxygen atoms in total. The fourth-order valence-corrected chi connectivity index (χ4v) is 6.11. The number of fused-ring (bicyclic) bond motifs is 1. The molecular formula is C40H46N10O2. The molecular weight excluding hydrogens is 653 g/mol. The molecule has 0 unspecified atom stereocenters. The van der Waals surface area contributed by atoms with E-state index in [2.05, 4.69) is 93.0 Å². The number of carbonyl (C=O) groups is 2. The van der Waals surface area contributed by atoms with Crippen LogP contribution in [0.5, 0.6) is 0 Å². The van der Waals surface area contributed by atoms with E-state index in [4.69, 9.17) is 0 Å². The number of amides is 2. The van der Waals surface area contributed by atoms with Gasteiger partial charge in [-0.1, -0.05) is 74.5 Å². The first-order valence-corrected chi connectivity index (χ1v) is 18.0. The van der Waals surface area contributed by atoms with Crippen LogP contribution < -0.4 is 10.6 Å². The number of benzene rings is 4. The predicted molar refractivity (Wildman–Crippen MR) is 207 cm³/mol. The Labute approximate surface area is 304 Å². The zero-order valence-electron chi connectivity index (χ0n) is 30.3. The van der Waals surface area contributed by atoms with Gasteiger partial charge in [-0.25, -0.2) is 9.36 Å². The van der Waals surface area contributed by atoms with Crippen molar-refractivity contribution in [1.29, 1.82) is 0 Å². The molecule has 2 N–H and O–H groups in total. The number of anilines is 2. The van der Waals surface area contributed by atoms with Gasteiger partial charge in [0.1, 0.15) is 11.4 Å². The monoisotopic (exact) mass is 698 g/mol. The summed E-state index contributed by atoms with van der Waals surface area (Å²) in [7, 11) is 0. The van der Waals surface area contributed by atoms with E-state index in [9.17, 15) is 9.59 Å². The molecule has 6 rings (SSSR count). The highest BCUT2D eigenvalue weighted by molar-refractivity contribution is 5.92. The van der Waals surface area contributed by atoms with Crippen LogP contribution in [0.2, 0.25) is 0 Å². The van der Waals surface area contributed by atoms with E-state index < -0.39 is 0 Å². The zero-order valence-corrected chi connectivity index (χ0v) is 30.3. The van der Waals surface area contributed by atoms with Crippen LogP contribution >= 0.6 is 0 Å². The van der Waals surface area contributed by atoms with Crippen molar-refractivity contribution in [3.8, 4) is 33.9 Å². The van der Waals surface area contributed by atoms with Gasteiger partial charge >= 0.3 is 0 Å². The predicted octanol–water partition coefficient (Wildman–Crippen LogP) is 6.68. The highest BCUT2D eigenvalue weighted by atomic mass is 16.2. The number of aromatic nitrogens is 6. The lowest BCUT2D eigenvalue weighted by Gasteiger charge is -2.17. The van der Waals surface area contributed by atoms with Gasteiger partial charge in [0.05, 0.1) is 23.8 Å². The SMILES string of the molecule is CCN(CC)CCC(=O)Nc1cccc(-n2cc(-c3ccc4ccc(-c5cn(-c6cccc(NC(=O)CCN(CC)CC)c6)nn5)cc4c3)nn2)c1. The largest absolute Gasteiger partial charge is 0.326 e. The number of carbonyl (C=O) groups excluding carboxylic acids is 2. The number of nitrogens with one attached hydrogen (secondary N) is 2. The molecule has 2 aromatic heterocycles. The maximum atomic E-state index is 12.6. The molecule has 6 aromatic rings. The van der Waals surface area contributed by atoms with Gasteiger partial charge in [-0.05, 0) is 85.5 Å². The molecule has 52 heavy (non-hydrogen) atoms. The first-order valence-electron chi connectivity index (χ1n) is 18.0. The Morgan fingerprint density at radius 1 is 0.577 bits per heavy atom. The third-order valence-corrected chi connectivity index (χ3v) is 9.31. The van der Waals surface area contributed by atoms with Crippen molar-refractivity contribution in [2.75, 3.05) is 49.9 Å². The second-order valence-electron chi connectivity index (χ2n) is 12.6. The molecule has 268 valence electrons. The van der Waals surface area contributed by atoms with E-state index in [1.54, 1.807) is 9.36 Å². The summed E-state index contributed by atoms with van der Waals surface area (Å²) in [5.41, 5.74) is 6.35. The number of hydrogen-bond acceptors (Lipinski definition) is 8. The topological polar surface area (TPSA) is 126 Å². The molecule has 0 spiro atoms. The lowest BCUT2D eigenvalue weighted by atomic mass is 10.0. The van der Waals surface area contributed by atoms with Gasteiger partial charge in [0.2, 0.25) is 11.8 Å². The number of nitrogens with zero attached hydrogens (tertiary/aromatic N) is 8. The Hall–Kier alpha value is -5.72. The highest BCUT2D eigenvalue weighted by Crippen LogP contribution is 2.28. The Bertz CT molecular complexity index is 1980. The maximum Gasteiger partial charge on any atom is 0.225 e. The van der Waals surface area contributed by atoms with Crippen LogP contribution in [-0.4, -0.2) is 90.9 Å².